The van der Waals surface area contributed by atoms with Gasteiger partial charge in [0.05, 0.1) is 11.4 Å². The lowest BCUT2D eigenvalue weighted by atomic mass is 9.92. The van der Waals surface area contributed by atoms with Gasteiger partial charge in [-0.3, -0.25) is 0 Å². The van der Waals surface area contributed by atoms with E-state index in [1.54, 1.807) is 23.9 Å². The first-order valence-corrected chi connectivity index (χ1v) is 8.57. The van der Waals surface area contributed by atoms with Gasteiger partial charge >= 0.3 is 0 Å². The molecule has 22 heavy (non-hydrogen) atoms. The average molecular weight is 316 g/mol. The number of rotatable bonds is 7. The molecule has 0 aliphatic heterocycles. The Morgan fingerprint density at radius 2 is 1.64 bits per heavy atom. The standard InChI is InChI=1S/C19H24O2S/c1-3-4-13-19(14-20,16-7-5-15(2)6-8-16)22-18-11-9-17(21)10-12-18/h5-12,20-21H,3-4,13-14H2,1-2H3. The smallest absolute Gasteiger partial charge is 0.115 e. The van der Waals surface area contributed by atoms with Gasteiger partial charge in [0.1, 0.15) is 5.75 Å². The van der Waals surface area contributed by atoms with Crippen molar-refractivity contribution in [2.24, 2.45) is 0 Å². The second kappa shape index (κ2) is 7.70. The van der Waals surface area contributed by atoms with Gasteiger partial charge in [-0.15, -0.1) is 11.8 Å². The maximum absolute atomic E-state index is 10.2. The largest absolute Gasteiger partial charge is 0.508 e. The Balaban J connectivity index is 2.35. The minimum atomic E-state index is -0.333. The lowest BCUT2D eigenvalue weighted by molar-refractivity contribution is 0.239. The molecule has 2 nitrogen and oxygen atoms in total. The first-order chi connectivity index (χ1) is 10.6. The van der Waals surface area contributed by atoms with Gasteiger partial charge in [0.25, 0.3) is 0 Å². The molecular formula is C19H24O2S. The number of aliphatic hydroxyl groups excluding tert-OH is 1. The van der Waals surface area contributed by atoms with Crippen LogP contribution in [0.4, 0.5) is 0 Å². The van der Waals surface area contributed by atoms with E-state index in [1.165, 1.54) is 5.56 Å². The van der Waals surface area contributed by atoms with Crippen LogP contribution in [0, 0.1) is 6.92 Å². The maximum Gasteiger partial charge on any atom is 0.115 e. The predicted molar refractivity (Wildman–Crippen MR) is 93.4 cm³/mol. The van der Waals surface area contributed by atoms with Crippen molar-refractivity contribution in [3.05, 3.63) is 59.7 Å². The lowest BCUT2D eigenvalue weighted by Gasteiger charge is -2.32. The van der Waals surface area contributed by atoms with Crippen LogP contribution in [0.25, 0.3) is 0 Å². The van der Waals surface area contributed by atoms with Crippen molar-refractivity contribution in [2.75, 3.05) is 6.61 Å². The molecule has 0 fully saturated rings. The van der Waals surface area contributed by atoms with E-state index in [0.29, 0.717) is 0 Å². The summed E-state index contributed by atoms with van der Waals surface area (Å²) in [6, 6.07) is 15.6. The van der Waals surface area contributed by atoms with Crippen molar-refractivity contribution in [3.63, 3.8) is 0 Å². The minimum Gasteiger partial charge on any atom is -0.508 e. The van der Waals surface area contributed by atoms with Crippen LogP contribution in [0.1, 0.15) is 37.3 Å². The van der Waals surface area contributed by atoms with Crippen molar-refractivity contribution in [2.45, 2.75) is 42.8 Å². The molecule has 0 aromatic heterocycles. The molecule has 0 bridgehead atoms. The highest BCUT2D eigenvalue weighted by Crippen LogP contribution is 2.45. The summed E-state index contributed by atoms with van der Waals surface area (Å²) in [5.74, 6) is 0.267. The SMILES string of the molecule is CCCCC(CO)(Sc1ccc(O)cc1)c1ccc(C)cc1. The van der Waals surface area contributed by atoms with Crippen molar-refractivity contribution in [1.29, 1.82) is 0 Å². The summed E-state index contributed by atoms with van der Waals surface area (Å²) >= 11 is 1.68. The van der Waals surface area contributed by atoms with Crippen molar-refractivity contribution in [1.82, 2.24) is 0 Å². The summed E-state index contributed by atoms with van der Waals surface area (Å²) in [5.41, 5.74) is 2.38. The fourth-order valence-electron chi connectivity index (χ4n) is 2.52. The summed E-state index contributed by atoms with van der Waals surface area (Å²) in [6.07, 6.45) is 3.10. The fraction of sp³-hybridized carbons (Fsp3) is 0.368. The van der Waals surface area contributed by atoms with Gasteiger partial charge < -0.3 is 10.2 Å². The zero-order chi connectivity index (χ0) is 16.0. The molecule has 1 atom stereocenters. The van der Waals surface area contributed by atoms with E-state index in [4.69, 9.17) is 0 Å². The van der Waals surface area contributed by atoms with Crippen LogP contribution in [-0.2, 0) is 4.75 Å². The van der Waals surface area contributed by atoms with E-state index < -0.39 is 0 Å². The molecular weight excluding hydrogens is 292 g/mol. The molecule has 0 amide bonds. The summed E-state index contributed by atoms with van der Waals surface area (Å²) in [7, 11) is 0. The van der Waals surface area contributed by atoms with Gasteiger partial charge in [0, 0.05) is 4.90 Å². The molecule has 2 N–H and O–H groups in total. The third-order valence-corrected chi connectivity index (χ3v) is 5.38. The van der Waals surface area contributed by atoms with Crippen LogP contribution in [0.15, 0.2) is 53.4 Å². The van der Waals surface area contributed by atoms with Gasteiger partial charge in [0.2, 0.25) is 0 Å². The van der Waals surface area contributed by atoms with Gasteiger partial charge in [-0.05, 0) is 43.2 Å². The van der Waals surface area contributed by atoms with Crippen LogP contribution in [0.2, 0.25) is 0 Å². The summed E-state index contributed by atoms with van der Waals surface area (Å²) in [5, 5.41) is 19.6. The summed E-state index contributed by atoms with van der Waals surface area (Å²) in [4.78, 5) is 1.06. The number of benzene rings is 2. The number of phenolic OH excluding ortho intramolecular Hbond substituents is 1. The molecule has 0 aliphatic carbocycles. The third-order valence-electron chi connectivity index (χ3n) is 3.92. The monoisotopic (exact) mass is 316 g/mol. The van der Waals surface area contributed by atoms with Crippen LogP contribution < -0.4 is 0 Å². The van der Waals surface area contributed by atoms with E-state index in [2.05, 4.69) is 38.1 Å². The second-order valence-electron chi connectivity index (χ2n) is 5.72. The summed E-state index contributed by atoms with van der Waals surface area (Å²) in [6.45, 7) is 4.34. The van der Waals surface area contributed by atoms with E-state index in [-0.39, 0.29) is 17.1 Å². The number of aromatic hydroxyl groups is 1. The number of hydrogen-bond donors (Lipinski definition) is 2. The van der Waals surface area contributed by atoms with Gasteiger partial charge in [-0.25, -0.2) is 0 Å². The topological polar surface area (TPSA) is 40.5 Å². The van der Waals surface area contributed by atoms with E-state index in [9.17, 15) is 10.2 Å². The predicted octanol–water partition coefficient (Wildman–Crippen LogP) is 4.87. The number of phenols is 1. The Morgan fingerprint density at radius 1 is 1.00 bits per heavy atom. The average Bonchev–Trinajstić information content (AvgIpc) is 2.54. The molecule has 0 aliphatic rings. The van der Waals surface area contributed by atoms with Crippen LogP contribution in [-0.4, -0.2) is 16.8 Å². The zero-order valence-corrected chi connectivity index (χ0v) is 14.1. The van der Waals surface area contributed by atoms with Crippen molar-refractivity contribution < 1.29 is 10.2 Å². The van der Waals surface area contributed by atoms with Gasteiger partial charge in [0.15, 0.2) is 0 Å². The van der Waals surface area contributed by atoms with Crippen LogP contribution in [0.3, 0.4) is 0 Å². The van der Waals surface area contributed by atoms with Crippen molar-refractivity contribution >= 4 is 11.8 Å². The molecule has 2 rings (SSSR count). The molecule has 2 aromatic carbocycles. The van der Waals surface area contributed by atoms with E-state index in [1.807, 2.05) is 12.1 Å². The van der Waals surface area contributed by atoms with Crippen LogP contribution in [0.5, 0.6) is 5.75 Å². The van der Waals surface area contributed by atoms with E-state index >= 15 is 0 Å². The normalized spacial score (nSPS) is 13.8. The molecule has 0 spiro atoms. The number of aryl methyl sites for hydroxylation is 1. The van der Waals surface area contributed by atoms with Gasteiger partial charge in [-0.2, -0.15) is 0 Å². The lowest BCUT2D eigenvalue weighted by Crippen LogP contribution is -2.26. The highest BCUT2D eigenvalue weighted by molar-refractivity contribution is 8.00. The number of unbranched alkanes of at least 4 members (excludes halogenated alkanes) is 1. The quantitative estimate of drug-likeness (QED) is 0.716. The highest BCUT2D eigenvalue weighted by Gasteiger charge is 2.32. The van der Waals surface area contributed by atoms with Gasteiger partial charge in [-0.1, -0.05) is 49.6 Å². The molecule has 1 unspecified atom stereocenters. The Labute approximate surface area is 137 Å². The first-order valence-electron chi connectivity index (χ1n) is 7.76. The Bertz CT molecular complexity index is 577. The Kier molecular flexibility index (Phi) is 5.92. The zero-order valence-electron chi connectivity index (χ0n) is 13.2. The number of thioether (sulfide) groups is 1. The minimum absolute atomic E-state index is 0.0988. The fourth-order valence-corrected chi connectivity index (χ4v) is 3.80. The first kappa shape index (κ1) is 16.9. The molecule has 118 valence electrons. The Morgan fingerprint density at radius 3 is 2.18 bits per heavy atom. The molecule has 2 aromatic rings. The van der Waals surface area contributed by atoms with E-state index in [0.717, 1.165) is 29.7 Å². The highest BCUT2D eigenvalue weighted by atomic mass is 32.2. The van der Waals surface area contributed by atoms with Crippen LogP contribution >= 0.6 is 11.8 Å². The molecule has 0 saturated carbocycles. The van der Waals surface area contributed by atoms with Crippen molar-refractivity contribution in [3.8, 4) is 5.75 Å². The molecule has 3 heteroatoms. The Hall–Kier alpha value is -1.45. The third kappa shape index (κ3) is 4.05. The second-order valence-corrected chi connectivity index (χ2v) is 7.17. The summed E-state index contributed by atoms with van der Waals surface area (Å²) < 4.78 is -0.333. The molecule has 0 heterocycles. The number of aliphatic hydroxyl groups is 1. The molecule has 0 saturated heterocycles. The molecule has 0 radical (unpaired) electrons. The number of hydrogen-bond acceptors (Lipinski definition) is 3. The maximum atomic E-state index is 10.2.